The fraction of sp³-hybridized carbons (Fsp3) is 0.474. The Bertz CT molecular complexity index is 720. The molecule has 23 heavy (non-hydrogen) atoms. The fourth-order valence-corrected chi connectivity index (χ4v) is 4.11. The van der Waals surface area contributed by atoms with Crippen LogP contribution >= 0.6 is 0 Å². The monoisotopic (exact) mass is 312 g/mol. The third kappa shape index (κ3) is 2.78. The Kier molecular flexibility index (Phi) is 4.24. The Morgan fingerprint density at radius 2 is 1.96 bits per heavy atom. The van der Waals surface area contributed by atoms with E-state index in [2.05, 4.69) is 10.3 Å². The molecule has 0 aliphatic heterocycles. The molecule has 1 heterocycles. The van der Waals surface area contributed by atoms with Gasteiger partial charge in [0.15, 0.2) is 5.75 Å². The number of fused-ring (bicyclic) bond motifs is 4. The number of phenolic OH excluding ortho intramolecular Hbond substituents is 1. The zero-order valence-electron chi connectivity index (χ0n) is 12.5. The zero-order chi connectivity index (χ0) is 15.1. The van der Waals surface area contributed by atoms with Crippen molar-refractivity contribution in [2.75, 3.05) is 0 Å². The van der Waals surface area contributed by atoms with E-state index in [4.69, 9.17) is 0 Å². The van der Waals surface area contributed by atoms with Crippen molar-refractivity contribution < 1.29 is 9.90 Å². The topological polar surface area (TPSA) is 62.2 Å². The number of rotatable bonds is 2. The lowest BCUT2D eigenvalue weighted by molar-refractivity contribution is 0.0808. The number of carbonyl (C=O) groups is 1. The molecule has 2 aromatic rings. The first-order valence-electron chi connectivity index (χ1n) is 8.10. The molecule has 2 N–H and O–H groups in total. The first-order valence-corrected chi connectivity index (χ1v) is 8.10. The van der Waals surface area contributed by atoms with Crippen LogP contribution in [-0.4, -0.2) is 22.0 Å². The van der Waals surface area contributed by atoms with Crippen LogP contribution in [-0.2, 0) is 0 Å². The molecule has 1 aromatic heterocycles. The van der Waals surface area contributed by atoms with Crippen molar-refractivity contribution >= 4 is 16.8 Å². The van der Waals surface area contributed by atoms with Gasteiger partial charge in [-0.15, -0.1) is 0 Å². The Morgan fingerprint density at radius 1 is 1.17 bits per heavy atom. The number of amides is 1. The summed E-state index contributed by atoms with van der Waals surface area (Å²) in [4.78, 5) is 16.7. The number of hydrogen-bond acceptors (Lipinski definition) is 3. The summed E-state index contributed by atoms with van der Waals surface area (Å²) in [6, 6.07) is 7.49. The van der Waals surface area contributed by atoms with Crippen molar-refractivity contribution in [2.24, 2.45) is 11.8 Å². The van der Waals surface area contributed by atoms with E-state index in [0.29, 0.717) is 17.0 Å². The van der Waals surface area contributed by atoms with E-state index in [1.54, 1.807) is 12.3 Å². The third-order valence-electron chi connectivity index (χ3n) is 5.36. The molecule has 1 amide bonds. The van der Waals surface area contributed by atoms with Gasteiger partial charge in [-0.2, -0.15) is 0 Å². The second kappa shape index (κ2) is 6.19. The predicted octanol–water partition coefficient (Wildman–Crippen LogP) is 3.89. The Hall–Kier alpha value is -2.10. The average molecular weight is 312 g/mol. The van der Waals surface area contributed by atoms with E-state index in [1.807, 2.05) is 18.2 Å². The van der Waals surface area contributed by atoms with E-state index in [1.165, 1.54) is 25.7 Å². The highest BCUT2D eigenvalue weighted by Gasteiger charge is 2.36. The van der Waals surface area contributed by atoms with Gasteiger partial charge in [0.05, 0.1) is 5.56 Å². The standard InChI is InChI=1S/C18H20N2O2.CH4/c21-17-14(8-7-13-2-1-9-19-16(13)17)18(22)20-15-10-11-3-5-12(15)6-4-11;/h1-2,7-9,11-12,15,21H,3-6,10H2,(H,20,22);1H4/t11?,12?,15-;/m1./s1. The molecule has 2 bridgehead atoms. The van der Waals surface area contributed by atoms with Crippen LogP contribution in [0.3, 0.4) is 0 Å². The highest BCUT2D eigenvalue weighted by atomic mass is 16.3. The number of nitrogens with one attached hydrogen (secondary N) is 1. The van der Waals surface area contributed by atoms with Gasteiger partial charge in [-0.05, 0) is 43.2 Å². The van der Waals surface area contributed by atoms with Crippen molar-refractivity contribution in [1.82, 2.24) is 10.3 Å². The van der Waals surface area contributed by atoms with Crippen LogP contribution in [0.4, 0.5) is 0 Å². The van der Waals surface area contributed by atoms with E-state index >= 15 is 0 Å². The molecule has 1 atom stereocenters. The van der Waals surface area contributed by atoms with E-state index < -0.39 is 0 Å². The smallest absolute Gasteiger partial charge is 0.255 e. The number of carbonyl (C=O) groups excluding carboxylic acids is 1. The molecule has 0 spiro atoms. The second-order valence-electron chi connectivity index (χ2n) is 6.63. The number of nitrogens with zero attached hydrogens (tertiary/aromatic N) is 1. The van der Waals surface area contributed by atoms with E-state index in [9.17, 15) is 9.90 Å². The number of pyridine rings is 1. The summed E-state index contributed by atoms with van der Waals surface area (Å²) >= 11 is 0. The van der Waals surface area contributed by atoms with Crippen LogP contribution in [0.15, 0.2) is 30.5 Å². The van der Waals surface area contributed by atoms with Crippen molar-refractivity contribution in [1.29, 1.82) is 0 Å². The molecule has 3 aliphatic carbocycles. The van der Waals surface area contributed by atoms with Gasteiger partial charge in [0.1, 0.15) is 5.52 Å². The first kappa shape index (κ1) is 15.8. The summed E-state index contributed by atoms with van der Waals surface area (Å²) in [5, 5.41) is 14.3. The average Bonchev–Trinajstić information content (AvgIpc) is 2.56. The first-order chi connectivity index (χ1) is 10.7. The molecule has 3 fully saturated rings. The van der Waals surface area contributed by atoms with E-state index in [0.717, 1.165) is 17.7 Å². The molecule has 4 nitrogen and oxygen atoms in total. The molecule has 0 saturated heterocycles. The largest absolute Gasteiger partial charge is 0.505 e. The van der Waals surface area contributed by atoms with Gasteiger partial charge >= 0.3 is 0 Å². The van der Waals surface area contributed by atoms with Crippen LogP contribution < -0.4 is 5.32 Å². The van der Waals surface area contributed by atoms with Crippen LogP contribution in [0.5, 0.6) is 5.75 Å². The molecule has 0 unspecified atom stereocenters. The van der Waals surface area contributed by atoms with Gasteiger partial charge in [0.2, 0.25) is 0 Å². The minimum Gasteiger partial charge on any atom is -0.505 e. The Labute approximate surface area is 136 Å². The highest BCUT2D eigenvalue weighted by molar-refractivity contribution is 6.02. The Morgan fingerprint density at radius 3 is 2.65 bits per heavy atom. The maximum absolute atomic E-state index is 12.6. The summed E-state index contributed by atoms with van der Waals surface area (Å²) in [5.74, 6) is 1.18. The lowest BCUT2D eigenvalue weighted by Gasteiger charge is -2.42. The molecule has 3 aliphatic rings. The number of hydrogen-bond donors (Lipinski definition) is 2. The molecule has 0 radical (unpaired) electrons. The summed E-state index contributed by atoms with van der Waals surface area (Å²) < 4.78 is 0. The number of aromatic nitrogens is 1. The molecular weight excluding hydrogens is 288 g/mol. The minimum absolute atomic E-state index is 0. The zero-order valence-corrected chi connectivity index (χ0v) is 12.5. The van der Waals surface area contributed by atoms with Crippen molar-refractivity contribution in [3.63, 3.8) is 0 Å². The summed E-state index contributed by atoms with van der Waals surface area (Å²) in [7, 11) is 0. The quantitative estimate of drug-likeness (QED) is 0.884. The van der Waals surface area contributed by atoms with Crippen LogP contribution in [0.2, 0.25) is 0 Å². The normalized spacial score (nSPS) is 25.8. The molecule has 5 rings (SSSR count). The van der Waals surface area contributed by atoms with Gasteiger partial charge in [-0.3, -0.25) is 9.78 Å². The summed E-state index contributed by atoms with van der Waals surface area (Å²) in [5.41, 5.74) is 0.813. The van der Waals surface area contributed by atoms with E-state index in [-0.39, 0.29) is 25.1 Å². The van der Waals surface area contributed by atoms with Crippen molar-refractivity contribution in [2.45, 2.75) is 45.6 Å². The SMILES string of the molecule is C.O=C(N[C@@H]1CC2CCC1CC2)c1ccc2cccnc2c1O. The number of benzene rings is 1. The highest BCUT2D eigenvalue weighted by Crippen LogP contribution is 2.41. The molecular formula is C19H24N2O2. The second-order valence-corrected chi connectivity index (χ2v) is 6.63. The predicted molar refractivity (Wildman–Crippen MR) is 91.5 cm³/mol. The summed E-state index contributed by atoms with van der Waals surface area (Å²) in [6.45, 7) is 0. The molecule has 4 heteroatoms. The maximum atomic E-state index is 12.6. The van der Waals surface area contributed by atoms with Gasteiger partial charge in [0, 0.05) is 17.6 Å². The minimum atomic E-state index is -0.178. The molecule has 122 valence electrons. The lowest BCUT2D eigenvalue weighted by atomic mass is 9.68. The molecule has 1 aromatic carbocycles. The lowest BCUT2D eigenvalue weighted by Crippen LogP contribution is -2.47. The van der Waals surface area contributed by atoms with Crippen molar-refractivity contribution in [3.8, 4) is 5.75 Å². The van der Waals surface area contributed by atoms with Gasteiger partial charge in [-0.25, -0.2) is 0 Å². The summed E-state index contributed by atoms with van der Waals surface area (Å²) in [6.07, 6.45) is 7.78. The Balaban J connectivity index is 0.00000156. The molecule has 3 saturated carbocycles. The fourth-order valence-electron chi connectivity index (χ4n) is 4.11. The van der Waals surface area contributed by atoms with Crippen LogP contribution in [0.25, 0.3) is 10.9 Å². The number of aromatic hydroxyl groups is 1. The number of phenols is 1. The van der Waals surface area contributed by atoms with Gasteiger partial charge in [-0.1, -0.05) is 32.4 Å². The van der Waals surface area contributed by atoms with Crippen molar-refractivity contribution in [3.05, 3.63) is 36.0 Å². The third-order valence-corrected chi connectivity index (χ3v) is 5.36. The van der Waals surface area contributed by atoms with Crippen LogP contribution in [0.1, 0.15) is 49.9 Å². The maximum Gasteiger partial charge on any atom is 0.255 e. The van der Waals surface area contributed by atoms with Gasteiger partial charge in [0.25, 0.3) is 5.91 Å². The van der Waals surface area contributed by atoms with Crippen LogP contribution in [0, 0.1) is 11.8 Å². The van der Waals surface area contributed by atoms with Gasteiger partial charge < -0.3 is 10.4 Å².